The number of rotatable bonds is 4. The first-order valence-corrected chi connectivity index (χ1v) is 7.98. The Labute approximate surface area is 148 Å². The van der Waals surface area contributed by atoms with Gasteiger partial charge in [-0.25, -0.2) is 8.78 Å². The molecule has 1 saturated heterocycles. The van der Waals surface area contributed by atoms with Crippen LogP contribution in [-0.4, -0.2) is 29.3 Å². The van der Waals surface area contributed by atoms with Gasteiger partial charge in [-0.1, -0.05) is 12.1 Å². The normalized spacial score (nSPS) is 16.4. The zero-order chi connectivity index (χ0) is 18.7. The lowest BCUT2D eigenvalue weighted by molar-refractivity contribution is -0.128. The minimum absolute atomic E-state index is 0.0333. The summed E-state index contributed by atoms with van der Waals surface area (Å²) in [6.07, 6.45) is 0.132. The van der Waals surface area contributed by atoms with Crippen LogP contribution < -0.4 is 5.32 Å². The summed E-state index contributed by atoms with van der Waals surface area (Å²) >= 11 is 0. The molecule has 2 aromatic rings. The molecule has 0 bridgehead atoms. The SMILES string of the molecule is N#Cc1cc(F)cc(C(=O)NC2CC(=O)N(Cc3ccc(F)cc3)C2)c1. The minimum atomic E-state index is -0.672. The Balaban J connectivity index is 1.63. The van der Waals surface area contributed by atoms with Gasteiger partial charge in [0.25, 0.3) is 5.91 Å². The summed E-state index contributed by atoms with van der Waals surface area (Å²) in [6.45, 7) is 0.631. The molecule has 132 valence electrons. The average Bonchev–Trinajstić information content (AvgIpc) is 2.95. The first kappa shape index (κ1) is 17.5. The molecule has 1 fully saturated rings. The molecule has 0 spiro atoms. The second-order valence-electron chi connectivity index (χ2n) is 6.12. The smallest absolute Gasteiger partial charge is 0.251 e. The highest BCUT2D eigenvalue weighted by Gasteiger charge is 2.30. The molecule has 5 nitrogen and oxygen atoms in total. The van der Waals surface area contributed by atoms with E-state index in [1.165, 1.54) is 18.2 Å². The van der Waals surface area contributed by atoms with Gasteiger partial charge in [0.1, 0.15) is 11.6 Å². The summed E-state index contributed by atoms with van der Waals surface area (Å²) in [4.78, 5) is 26.0. The van der Waals surface area contributed by atoms with Crippen molar-refractivity contribution in [3.05, 3.63) is 70.8 Å². The molecule has 26 heavy (non-hydrogen) atoms. The highest BCUT2D eigenvalue weighted by molar-refractivity contribution is 5.95. The standard InChI is InChI=1S/C19H15F2N3O2/c20-15-3-1-12(2-4-15)10-24-11-17(8-18(24)25)23-19(26)14-5-13(9-22)6-16(21)7-14/h1-7,17H,8,10-11H2,(H,23,26). The molecule has 0 saturated carbocycles. The monoisotopic (exact) mass is 355 g/mol. The van der Waals surface area contributed by atoms with Crippen LogP contribution in [0, 0.1) is 23.0 Å². The molecular formula is C19H15F2N3O2. The molecule has 2 aromatic carbocycles. The second kappa shape index (κ2) is 7.31. The molecule has 1 N–H and O–H groups in total. The first-order chi connectivity index (χ1) is 12.4. The summed E-state index contributed by atoms with van der Waals surface area (Å²) in [5.74, 6) is -1.69. The second-order valence-corrected chi connectivity index (χ2v) is 6.12. The van der Waals surface area contributed by atoms with Crippen LogP contribution in [-0.2, 0) is 11.3 Å². The topological polar surface area (TPSA) is 73.2 Å². The molecule has 7 heteroatoms. The van der Waals surface area contributed by atoms with E-state index in [-0.39, 0.29) is 29.3 Å². The molecule has 0 aromatic heterocycles. The molecule has 0 radical (unpaired) electrons. The summed E-state index contributed by atoms with van der Waals surface area (Å²) in [5.41, 5.74) is 0.872. The van der Waals surface area contributed by atoms with Crippen LogP contribution >= 0.6 is 0 Å². The number of carbonyl (C=O) groups excluding carboxylic acids is 2. The quantitative estimate of drug-likeness (QED) is 0.915. The van der Waals surface area contributed by atoms with Crippen LogP contribution in [0.1, 0.15) is 27.9 Å². The lowest BCUT2D eigenvalue weighted by atomic mass is 10.1. The van der Waals surface area contributed by atoms with Gasteiger partial charge >= 0.3 is 0 Å². The van der Waals surface area contributed by atoms with E-state index in [0.29, 0.717) is 13.1 Å². The van der Waals surface area contributed by atoms with Gasteiger partial charge in [-0.2, -0.15) is 5.26 Å². The Kier molecular flexibility index (Phi) is 4.94. The van der Waals surface area contributed by atoms with Gasteiger partial charge < -0.3 is 10.2 Å². The Hall–Kier alpha value is -3.27. The van der Waals surface area contributed by atoms with E-state index in [9.17, 15) is 18.4 Å². The number of nitrogens with zero attached hydrogens (tertiary/aromatic N) is 2. The highest BCUT2D eigenvalue weighted by atomic mass is 19.1. The molecule has 3 rings (SSSR count). The summed E-state index contributed by atoms with van der Waals surface area (Å²) < 4.78 is 26.4. The third-order valence-corrected chi connectivity index (χ3v) is 4.13. The highest BCUT2D eigenvalue weighted by Crippen LogP contribution is 2.17. The predicted octanol–water partition coefficient (Wildman–Crippen LogP) is 2.37. The van der Waals surface area contributed by atoms with Crippen molar-refractivity contribution in [1.29, 1.82) is 5.26 Å². The maximum Gasteiger partial charge on any atom is 0.251 e. The van der Waals surface area contributed by atoms with Crippen molar-refractivity contribution in [3.8, 4) is 6.07 Å². The van der Waals surface area contributed by atoms with E-state index in [2.05, 4.69) is 5.32 Å². The number of hydrogen-bond acceptors (Lipinski definition) is 3. The van der Waals surface area contributed by atoms with E-state index < -0.39 is 17.8 Å². The van der Waals surface area contributed by atoms with Crippen LogP contribution in [0.15, 0.2) is 42.5 Å². The van der Waals surface area contributed by atoms with Gasteiger partial charge in [0, 0.05) is 25.1 Å². The zero-order valence-corrected chi connectivity index (χ0v) is 13.7. The van der Waals surface area contributed by atoms with Crippen LogP contribution in [0.3, 0.4) is 0 Å². The predicted molar refractivity (Wildman–Crippen MR) is 88.8 cm³/mol. The molecule has 1 atom stereocenters. The van der Waals surface area contributed by atoms with Gasteiger partial charge in [0.15, 0.2) is 0 Å². The fourth-order valence-electron chi connectivity index (χ4n) is 2.89. The number of carbonyl (C=O) groups is 2. The molecule has 2 amide bonds. The average molecular weight is 355 g/mol. The molecule has 1 aliphatic heterocycles. The minimum Gasteiger partial charge on any atom is -0.347 e. The maximum absolute atomic E-state index is 13.5. The lowest BCUT2D eigenvalue weighted by Gasteiger charge is -2.17. The number of halogens is 2. The van der Waals surface area contributed by atoms with Gasteiger partial charge in [-0.05, 0) is 35.9 Å². The summed E-state index contributed by atoms with van der Waals surface area (Å²) in [6, 6.07) is 10.6. The van der Waals surface area contributed by atoms with Crippen molar-refractivity contribution in [2.45, 2.75) is 19.0 Å². The number of nitriles is 1. The van der Waals surface area contributed by atoms with Gasteiger partial charge in [0.05, 0.1) is 17.7 Å². The Morgan fingerprint density at radius 1 is 1.19 bits per heavy atom. The third-order valence-electron chi connectivity index (χ3n) is 4.13. The third kappa shape index (κ3) is 4.03. The summed E-state index contributed by atoms with van der Waals surface area (Å²) in [5, 5.41) is 11.5. The molecule has 1 heterocycles. The Morgan fingerprint density at radius 2 is 1.92 bits per heavy atom. The van der Waals surface area contributed by atoms with Crippen molar-refractivity contribution in [2.75, 3.05) is 6.54 Å². The number of likely N-dealkylation sites (tertiary alicyclic amines) is 1. The van der Waals surface area contributed by atoms with Crippen LogP contribution in [0.4, 0.5) is 8.78 Å². The fraction of sp³-hybridized carbons (Fsp3) is 0.211. The van der Waals surface area contributed by atoms with Crippen LogP contribution in [0.5, 0.6) is 0 Å². The number of hydrogen-bond donors (Lipinski definition) is 1. The van der Waals surface area contributed by atoms with E-state index in [1.54, 1.807) is 23.1 Å². The zero-order valence-electron chi connectivity index (χ0n) is 13.7. The molecular weight excluding hydrogens is 340 g/mol. The van der Waals surface area contributed by atoms with Gasteiger partial charge in [0.2, 0.25) is 5.91 Å². The van der Waals surface area contributed by atoms with Crippen LogP contribution in [0.25, 0.3) is 0 Å². The van der Waals surface area contributed by atoms with E-state index in [0.717, 1.165) is 17.7 Å². The van der Waals surface area contributed by atoms with Crippen molar-refractivity contribution >= 4 is 11.8 Å². The molecule has 1 unspecified atom stereocenters. The van der Waals surface area contributed by atoms with Crippen LogP contribution in [0.2, 0.25) is 0 Å². The number of nitrogens with one attached hydrogen (secondary N) is 1. The van der Waals surface area contributed by atoms with E-state index in [1.807, 2.05) is 0 Å². The van der Waals surface area contributed by atoms with Crippen molar-refractivity contribution in [3.63, 3.8) is 0 Å². The fourth-order valence-corrected chi connectivity index (χ4v) is 2.89. The van der Waals surface area contributed by atoms with Gasteiger partial charge in [-0.3, -0.25) is 9.59 Å². The number of benzene rings is 2. The summed E-state index contributed by atoms with van der Waals surface area (Å²) in [7, 11) is 0. The largest absolute Gasteiger partial charge is 0.347 e. The maximum atomic E-state index is 13.5. The first-order valence-electron chi connectivity index (χ1n) is 7.98. The van der Waals surface area contributed by atoms with Crippen molar-refractivity contribution < 1.29 is 18.4 Å². The number of amides is 2. The van der Waals surface area contributed by atoms with E-state index >= 15 is 0 Å². The Bertz CT molecular complexity index is 891. The van der Waals surface area contributed by atoms with E-state index in [4.69, 9.17) is 5.26 Å². The lowest BCUT2D eigenvalue weighted by Crippen LogP contribution is -2.37. The van der Waals surface area contributed by atoms with Gasteiger partial charge in [-0.15, -0.1) is 0 Å². The molecule has 1 aliphatic rings. The molecule has 0 aliphatic carbocycles. The van der Waals surface area contributed by atoms with Crippen molar-refractivity contribution in [1.82, 2.24) is 10.2 Å². The Morgan fingerprint density at radius 3 is 2.62 bits per heavy atom. The van der Waals surface area contributed by atoms with Crippen molar-refractivity contribution in [2.24, 2.45) is 0 Å².